The van der Waals surface area contributed by atoms with Gasteiger partial charge in [0.05, 0.1) is 17.7 Å². The van der Waals surface area contributed by atoms with Crippen LogP contribution in [0.25, 0.3) is 0 Å². The first-order valence-corrected chi connectivity index (χ1v) is 8.84. The second kappa shape index (κ2) is 7.64. The first-order chi connectivity index (χ1) is 13.3. The Balaban J connectivity index is 1.61. The van der Waals surface area contributed by atoms with Crippen LogP contribution in [0.1, 0.15) is 31.8 Å². The van der Waals surface area contributed by atoms with Crippen molar-refractivity contribution in [2.45, 2.75) is 13.8 Å². The van der Waals surface area contributed by atoms with Gasteiger partial charge in [-0.2, -0.15) is 0 Å². The van der Waals surface area contributed by atoms with E-state index in [1.165, 1.54) is 11.9 Å². The zero-order valence-electron chi connectivity index (χ0n) is 16.0. The number of carbonyl (C=O) groups is 4. The molecule has 144 valence electrons. The van der Waals surface area contributed by atoms with Crippen LogP contribution in [0.2, 0.25) is 0 Å². The molecule has 0 aliphatic carbocycles. The van der Waals surface area contributed by atoms with Crippen molar-refractivity contribution in [1.29, 1.82) is 0 Å². The lowest BCUT2D eigenvalue weighted by molar-refractivity contribution is -0.133. The van der Waals surface area contributed by atoms with Gasteiger partial charge in [-0.25, -0.2) is 0 Å². The van der Waals surface area contributed by atoms with Crippen LogP contribution in [0.3, 0.4) is 0 Å². The minimum atomic E-state index is -0.498. The molecule has 4 amide bonds. The number of imide groups is 1. The molecule has 28 heavy (non-hydrogen) atoms. The lowest BCUT2D eigenvalue weighted by Crippen LogP contribution is -2.43. The van der Waals surface area contributed by atoms with Crippen molar-refractivity contribution in [3.05, 3.63) is 64.7 Å². The fraction of sp³-hybridized carbons (Fsp3) is 0.238. The van der Waals surface area contributed by atoms with Gasteiger partial charge >= 0.3 is 0 Å². The van der Waals surface area contributed by atoms with Gasteiger partial charge in [0.15, 0.2) is 0 Å². The third-order valence-electron chi connectivity index (χ3n) is 4.65. The van der Waals surface area contributed by atoms with Crippen LogP contribution in [0, 0.1) is 13.8 Å². The van der Waals surface area contributed by atoms with E-state index in [-0.39, 0.29) is 23.6 Å². The minimum absolute atomic E-state index is 0.185. The highest BCUT2D eigenvalue weighted by Gasteiger charge is 2.36. The van der Waals surface area contributed by atoms with Gasteiger partial charge in [0.25, 0.3) is 11.8 Å². The quantitative estimate of drug-likeness (QED) is 0.805. The van der Waals surface area contributed by atoms with Crippen molar-refractivity contribution in [2.24, 2.45) is 0 Å². The van der Waals surface area contributed by atoms with Crippen LogP contribution in [0.5, 0.6) is 0 Å². The molecule has 0 fully saturated rings. The minimum Gasteiger partial charge on any atom is -0.335 e. The Bertz CT molecular complexity index is 948. The molecule has 1 aliphatic rings. The second-order valence-electron chi connectivity index (χ2n) is 6.86. The second-order valence-corrected chi connectivity index (χ2v) is 6.86. The Hall–Kier alpha value is -3.48. The zero-order chi connectivity index (χ0) is 20.4. The van der Waals surface area contributed by atoms with Crippen molar-refractivity contribution in [3.63, 3.8) is 0 Å². The largest absolute Gasteiger partial charge is 0.335 e. The van der Waals surface area contributed by atoms with E-state index in [2.05, 4.69) is 5.32 Å². The Kier molecular flexibility index (Phi) is 5.26. The molecule has 1 N–H and O–H groups in total. The molecular formula is C21H21N3O4. The molecule has 0 saturated heterocycles. The average Bonchev–Trinajstić information content (AvgIpc) is 2.90. The average molecular weight is 379 g/mol. The summed E-state index contributed by atoms with van der Waals surface area (Å²) in [5.41, 5.74) is 3.19. The van der Waals surface area contributed by atoms with Gasteiger partial charge < -0.3 is 10.2 Å². The number of anilines is 1. The van der Waals surface area contributed by atoms with E-state index in [1.54, 1.807) is 24.3 Å². The Morgan fingerprint density at radius 3 is 2.21 bits per heavy atom. The van der Waals surface area contributed by atoms with Crippen LogP contribution >= 0.6 is 0 Å². The van der Waals surface area contributed by atoms with E-state index in [9.17, 15) is 19.2 Å². The van der Waals surface area contributed by atoms with Crippen molar-refractivity contribution in [2.75, 3.05) is 25.5 Å². The number of hydrogen-bond donors (Lipinski definition) is 1. The highest BCUT2D eigenvalue weighted by Crippen LogP contribution is 2.22. The van der Waals surface area contributed by atoms with Crippen LogP contribution in [-0.2, 0) is 9.59 Å². The van der Waals surface area contributed by atoms with Gasteiger partial charge in [0, 0.05) is 12.7 Å². The molecule has 0 unspecified atom stereocenters. The molecule has 7 nitrogen and oxygen atoms in total. The summed E-state index contributed by atoms with van der Waals surface area (Å²) in [6.07, 6.45) is 0. The van der Waals surface area contributed by atoms with Crippen molar-refractivity contribution in [3.8, 4) is 0 Å². The third-order valence-corrected chi connectivity index (χ3v) is 4.65. The highest BCUT2D eigenvalue weighted by atomic mass is 16.2. The summed E-state index contributed by atoms with van der Waals surface area (Å²) in [4.78, 5) is 51.5. The SMILES string of the molecule is Cc1ccc(C)c(NC(=O)CN(C)C(=O)CN2C(=O)c3ccccc3C2=O)c1. The zero-order valence-corrected chi connectivity index (χ0v) is 16.0. The predicted molar refractivity (Wildman–Crippen MR) is 104 cm³/mol. The van der Waals surface area contributed by atoms with Crippen molar-refractivity contribution in [1.82, 2.24) is 9.80 Å². The summed E-state index contributed by atoms with van der Waals surface area (Å²) in [6, 6.07) is 12.2. The molecule has 0 radical (unpaired) electrons. The molecule has 1 heterocycles. The smallest absolute Gasteiger partial charge is 0.262 e. The summed E-state index contributed by atoms with van der Waals surface area (Å²) in [6.45, 7) is 3.22. The Morgan fingerprint density at radius 2 is 1.61 bits per heavy atom. The molecule has 0 spiro atoms. The number of likely N-dealkylation sites (N-methyl/N-ethyl adjacent to an activating group) is 1. The fourth-order valence-corrected chi connectivity index (χ4v) is 3.00. The van der Waals surface area contributed by atoms with Crippen molar-refractivity contribution < 1.29 is 19.2 Å². The summed E-state index contributed by atoms with van der Waals surface area (Å²) in [7, 11) is 1.46. The van der Waals surface area contributed by atoms with Gasteiger partial charge in [0.1, 0.15) is 6.54 Å². The molecule has 0 bridgehead atoms. The number of aryl methyl sites for hydroxylation is 2. The number of fused-ring (bicyclic) bond motifs is 1. The van der Waals surface area contributed by atoms with E-state index in [0.29, 0.717) is 5.69 Å². The first-order valence-electron chi connectivity index (χ1n) is 8.84. The van der Waals surface area contributed by atoms with Crippen LogP contribution in [0.15, 0.2) is 42.5 Å². The lowest BCUT2D eigenvalue weighted by atomic mass is 10.1. The van der Waals surface area contributed by atoms with E-state index in [4.69, 9.17) is 0 Å². The summed E-state index contributed by atoms with van der Waals surface area (Å²) in [5, 5.41) is 2.78. The molecule has 2 aromatic rings. The van der Waals surface area contributed by atoms with Crippen LogP contribution < -0.4 is 5.32 Å². The van der Waals surface area contributed by atoms with E-state index in [1.807, 2.05) is 32.0 Å². The summed E-state index contributed by atoms with van der Waals surface area (Å²) in [5.74, 6) is -1.85. The maximum Gasteiger partial charge on any atom is 0.262 e. The number of benzene rings is 2. The fourth-order valence-electron chi connectivity index (χ4n) is 3.00. The number of amides is 4. The van der Waals surface area contributed by atoms with Crippen molar-refractivity contribution >= 4 is 29.3 Å². The number of nitrogens with one attached hydrogen (secondary N) is 1. The number of nitrogens with zero attached hydrogens (tertiary/aromatic N) is 2. The topological polar surface area (TPSA) is 86.8 Å². The standard InChI is InChI=1S/C21H21N3O4/c1-13-8-9-14(2)17(10-13)22-18(25)11-23(3)19(26)12-24-20(27)15-6-4-5-7-16(15)21(24)28/h4-10H,11-12H2,1-3H3,(H,22,25). The van der Waals surface area contributed by atoms with E-state index < -0.39 is 24.3 Å². The van der Waals surface area contributed by atoms with Crippen LogP contribution in [-0.4, -0.2) is 53.6 Å². The molecule has 0 atom stereocenters. The van der Waals surface area contributed by atoms with E-state index >= 15 is 0 Å². The number of carbonyl (C=O) groups excluding carboxylic acids is 4. The molecule has 0 saturated carbocycles. The highest BCUT2D eigenvalue weighted by molar-refractivity contribution is 6.22. The molecule has 2 aromatic carbocycles. The molecule has 1 aliphatic heterocycles. The monoisotopic (exact) mass is 379 g/mol. The lowest BCUT2D eigenvalue weighted by Gasteiger charge is -2.20. The van der Waals surface area contributed by atoms with Gasteiger partial charge in [-0.05, 0) is 43.2 Å². The number of rotatable bonds is 5. The van der Waals surface area contributed by atoms with Gasteiger partial charge in [-0.3, -0.25) is 24.1 Å². The molecule has 3 rings (SSSR count). The van der Waals surface area contributed by atoms with E-state index in [0.717, 1.165) is 16.0 Å². The Morgan fingerprint density at radius 1 is 1.00 bits per heavy atom. The van der Waals surface area contributed by atoms with Gasteiger partial charge in [-0.15, -0.1) is 0 Å². The normalized spacial score (nSPS) is 12.8. The van der Waals surface area contributed by atoms with Crippen LogP contribution in [0.4, 0.5) is 5.69 Å². The summed E-state index contributed by atoms with van der Waals surface area (Å²) >= 11 is 0. The van der Waals surface area contributed by atoms with Gasteiger partial charge in [0.2, 0.25) is 11.8 Å². The maximum atomic E-state index is 12.4. The van der Waals surface area contributed by atoms with Gasteiger partial charge in [-0.1, -0.05) is 24.3 Å². The maximum absolute atomic E-state index is 12.4. The predicted octanol–water partition coefficient (Wildman–Crippen LogP) is 2.00. The first kappa shape index (κ1) is 19.3. The molecule has 0 aromatic heterocycles. The molecule has 7 heteroatoms. The summed E-state index contributed by atoms with van der Waals surface area (Å²) < 4.78 is 0. The number of hydrogen-bond acceptors (Lipinski definition) is 4. The Labute approximate surface area is 162 Å². The third kappa shape index (κ3) is 3.78. The molecular weight excluding hydrogens is 358 g/mol.